The van der Waals surface area contributed by atoms with Crippen molar-refractivity contribution in [2.45, 2.75) is 18.9 Å². The van der Waals surface area contributed by atoms with E-state index in [0.29, 0.717) is 56.2 Å². The van der Waals surface area contributed by atoms with E-state index < -0.39 is 10.0 Å². The number of hydrogen-bond donors (Lipinski definition) is 0. The second kappa shape index (κ2) is 6.60. The number of ether oxygens (including phenoxy) is 2. The van der Waals surface area contributed by atoms with Crippen LogP contribution in [0.5, 0.6) is 11.5 Å². The van der Waals surface area contributed by atoms with E-state index in [9.17, 15) is 13.2 Å². The van der Waals surface area contributed by atoms with Crippen LogP contribution in [0.15, 0.2) is 18.2 Å². The van der Waals surface area contributed by atoms with Crippen LogP contribution in [0.3, 0.4) is 0 Å². The Morgan fingerprint density at radius 2 is 1.88 bits per heavy atom. The van der Waals surface area contributed by atoms with Gasteiger partial charge in [-0.05, 0) is 25.0 Å². The highest BCUT2D eigenvalue weighted by atomic mass is 32.2. The molecule has 2 heterocycles. The van der Waals surface area contributed by atoms with Crippen LogP contribution in [0.2, 0.25) is 0 Å². The third-order valence-corrected chi connectivity index (χ3v) is 5.93. The fourth-order valence-corrected chi connectivity index (χ4v) is 3.87. The van der Waals surface area contributed by atoms with E-state index >= 15 is 0 Å². The minimum Gasteiger partial charge on any atom is -0.486 e. The third kappa shape index (κ3) is 3.34. The van der Waals surface area contributed by atoms with Crippen molar-refractivity contribution in [3.8, 4) is 11.5 Å². The lowest BCUT2D eigenvalue weighted by molar-refractivity contribution is 0.0676. The van der Waals surface area contributed by atoms with Crippen LogP contribution in [0.1, 0.15) is 23.2 Å². The second-order valence-corrected chi connectivity index (χ2v) is 8.17. The largest absolute Gasteiger partial charge is 0.486 e. The number of amides is 1. The molecule has 2 aliphatic heterocycles. The fourth-order valence-electron chi connectivity index (χ4n) is 3.12. The number of piperidine rings is 1. The number of benzene rings is 1. The van der Waals surface area contributed by atoms with Crippen molar-refractivity contribution >= 4 is 15.9 Å². The number of para-hydroxylation sites is 1. The predicted octanol–water partition coefficient (Wildman–Crippen LogP) is 0.954. The Morgan fingerprint density at radius 1 is 1.21 bits per heavy atom. The average Bonchev–Trinajstić information content (AvgIpc) is 2.59. The molecule has 3 rings (SSSR count). The van der Waals surface area contributed by atoms with Crippen molar-refractivity contribution in [1.82, 2.24) is 9.21 Å². The van der Waals surface area contributed by atoms with Crippen LogP contribution < -0.4 is 9.47 Å². The van der Waals surface area contributed by atoms with Gasteiger partial charge < -0.3 is 14.4 Å². The highest BCUT2D eigenvalue weighted by molar-refractivity contribution is 7.88. The molecule has 7 nitrogen and oxygen atoms in total. The maximum atomic E-state index is 12.8. The Bertz CT molecular complexity index is 726. The van der Waals surface area contributed by atoms with Gasteiger partial charge in [0.1, 0.15) is 13.2 Å². The van der Waals surface area contributed by atoms with E-state index in [1.807, 2.05) is 0 Å². The highest BCUT2D eigenvalue weighted by Gasteiger charge is 2.31. The molecule has 0 unspecified atom stereocenters. The monoisotopic (exact) mass is 354 g/mol. The number of sulfonamides is 1. The maximum Gasteiger partial charge on any atom is 0.257 e. The Morgan fingerprint density at radius 3 is 2.54 bits per heavy atom. The lowest BCUT2D eigenvalue weighted by Gasteiger charge is -2.36. The van der Waals surface area contributed by atoms with Crippen molar-refractivity contribution in [3.63, 3.8) is 0 Å². The van der Waals surface area contributed by atoms with E-state index in [0.717, 1.165) is 0 Å². The zero-order chi connectivity index (χ0) is 17.3. The van der Waals surface area contributed by atoms with Crippen LogP contribution in [-0.4, -0.2) is 69.2 Å². The zero-order valence-electron chi connectivity index (χ0n) is 13.9. The van der Waals surface area contributed by atoms with Gasteiger partial charge in [-0.2, -0.15) is 0 Å². The first kappa shape index (κ1) is 17.0. The summed E-state index contributed by atoms with van der Waals surface area (Å²) in [5.41, 5.74) is 0.502. The van der Waals surface area contributed by atoms with Crippen LogP contribution in [-0.2, 0) is 10.0 Å². The van der Waals surface area contributed by atoms with Crippen molar-refractivity contribution in [2.24, 2.45) is 0 Å². The molecule has 1 saturated heterocycles. The molecule has 132 valence electrons. The summed E-state index contributed by atoms with van der Waals surface area (Å²) in [6, 6.07) is 5.25. The van der Waals surface area contributed by atoms with E-state index in [-0.39, 0.29) is 11.9 Å². The number of likely N-dealkylation sites (tertiary alicyclic amines) is 1. The Balaban J connectivity index is 1.70. The van der Waals surface area contributed by atoms with Crippen molar-refractivity contribution in [1.29, 1.82) is 0 Å². The van der Waals surface area contributed by atoms with Gasteiger partial charge >= 0.3 is 0 Å². The first-order valence-electron chi connectivity index (χ1n) is 7.99. The molecule has 1 fully saturated rings. The summed E-state index contributed by atoms with van der Waals surface area (Å²) in [6.07, 6.45) is 2.46. The lowest BCUT2D eigenvalue weighted by Crippen LogP contribution is -2.47. The van der Waals surface area contributed by atoms with Gasteiger partial charge in [0.2, 0.25) is 10.0 Å². The normalized spacial score (nSPS) is 18.7. The number of nitrogens with zero attached hydrogens (tertiary/aromatic N) is 2. The summed E-state index contributed by atoms with van der Waals surface area (Å²) in [6.45, 7) is 1.95. The summed E-state index contributed by atoms with van der Waals surface area (Å²) in [5.74, 6) is 1.00. The van der Waals surface area contributed by atoms with Crippen molar-refractivity contribution in [2.75, 3.05) is 39.6 Å². The minimum absolute atomic E-state index is 0.0617. The van der Waals surface area contributed by atoms with Crippen molar-refractivity contribution < 1.29 is 22.7 Å². The van der Waals surface area contributed by atoms with Crippen LogP contribution >= 0.6 is 0 Å². The van der Waals surface area contributed by atoms with Gasteiger partial charge in [0.15, 0.2) is 11.5 Å². The molecule has 1 amide bonds. The lowest BCUT2D eigenvalue weighted by atomic mass is 10.0. The molecule has 0 atom stereocenters. The molecule has 0 N–H and O–H groups in total. The Hall–Kier alpha value is -1.80. The first-order chi connectivity index (χ1) is 11.4. The number of fused-ring (bicyclic) bond motifs is 1. The number of hydrogen-bond acceptors (Lipinski definition) is 5. The Kier molecular flexibility index (Phi) is 4.69. The number of carbonyl (C=O) groups is 1. The molecule has 2 aliphatic rings. The van der Waals surface area contributed by atoms with Gasteiger partial charge in [-0.15, -0.1) is 0 Å². The molecular formula is C16H22N2O5S. The summed E-state index contributed by atoms with van der Waals surface area (Å²) in [5, 5.41) is 0. The van der Waals surface area contributed by atoms with Gasteiger partial charge in [-0.25, -0.2) is 12.7 Å². The topological polar surface area (TPSA) is 76.2 Å². The molecule has 0 aliphatic carbocycles. The van der Waals surface area contributed by atoms with E-state index in [4.69, 9.17) is 9.47 Å². The molecule has 8 heteroatoms. The molecule has 0 spiro atoms. The van der Waals surface area contributed by atoms with Crippen LogP contribution in [0.25, 0.3) is 0 Å². The highest BCUT2D eigenvalue weighted by Crippen LogP contribution is 2.34. The van der Waals surface area contributed by atoms with Gasteiger partial charge in [0.05, 0.1) is 11.8 Å². The zero-order valence-corrected chi connectivity index (χ0v) is 14.7. The molecule has 0 aromatic heterocycles. The molecule has 0 saturated carbocycles. The van der Waals surface area contributed by atoms with E-state index in [2.05, 4.69) is 0 Å². The van der Waals surface area contributed by atoms with E-state index in [1.165, 1.54) is 10.6 Å². The predicted molar refractivity (Wildman–Crippen MR) is 89.0 cm³/mol. The first-order valence-corrected chi connectivity index (χ1v) is 9.83. The van der Waals surface area contributed by atoms with Gasteiger partial charge in [0, 0.05) is 26.2 Å². The second-order valence-electron chi connectivity index (χ2n) is 6.13. The standard InChI is InChI=1S/C16H22N2O5S/c1-17(24(2,20)21)12-6-8-18(9-7-12)16(19)13-4-3-5-14-15(13)23-11-10-22-14/h3-5,12H,6-11H2,1-2H3. The molecule has 1 aromatic carbocycles. The number of rotatable bonds is 3. The van der Waals surface area contributed by atoms with Gasteiger partial charge in [-0.1, -0.05) is 6.07 Å². The number of carbonyl (C=O) groups excluding carboxylic acids is 1. The fraction of sp³-hybridized carbons (Fsp3) is 0.562. The van der Waals surface area contributed by atoms with E-state index in [1.54, 1.807) is 30.1 Å². The average molecular weight is 354 g/mol. The summed E-state index contributed by atoms with van der Waals surface area (Å²) in [7, 11) is -1.62. The van der Waals surface area contributed by atoms with Crippen molar-refractivity contribution in [3.05, 3.63) is 23.8 Å². The minimum atomic E-state index is -3.21. The van der Waals surface area contributed by atoms with Crippen LogP contribution in [0, 0.1) is 0 Å². The molecular weight excluding hydrogens is 332 g/mol. The Labute approximate surface area is 142 Å². The third-order valence-electron chi connectivity index (χ3n) is 4.59. The SMILES string of the molecule is CN(C1CCN(C(=O)c2cccc3c2OCCO3)CC1)S(C)(=O)=O. The smallest absolute Gasteiger partial charge is 0.257 e. The molecule has 1 aromatic rings. The molecule has 0 bridgehead atoms. The van der Waals surface area contributed by atoms with Gasteiger partial charge in [-0.3, -0.25) is 4.79 Å². The quantitative estimate of drug-likeness (QED) is 0.808. The molecule has 0 radical (unpaired) electrons. The molecule has 24 heavy (non-hydrogen) atoms. The van der Waals surface area contributed by atoms with Gasteiger partial charge in [0.25, 0.3) is 5.91 Å². The summed E-state index contributed by atoms with van der Waals surface area (Å²) < 4.78 is 35.8. The maximum absolute atomic E-state index is 12.8. The summed E-state index contributed by atoms with van der Waals surface area (Å²) >= 11 is 0. The van der Waals surface area contributed by atoms with Crippen LogP contribution in [0.4, 0.5) is 0 Å². The summed E-state index contributed by atoms with van der Waals surface area (Å²) in [4.78, 5) is 14.6.